The summed E-state index contributed by atoms with van der Waals surface area (Å²) in [5, 5.41) is 6.56. The SMILES string of the molecule is CN=C(NCC(C)N1CCC(C)CC1)NC1CCS(=O)(=O)C1. The molecule has 0 aromatic carbocycles. The summed E-state index contributed by atoms with van der Waals surface area (Å²) in [6.45, 7) is 7.71. The van der Waals surface area contributed by atoms with Crippen LogP contribution in [0.3, 0.4) is 0 Å². The summed E-state index contributed by atoms with van der Waals surface area (Å²) < 4.78 is 23.0. The predicted molar refractivity (Wildman–Crippen MR) is 91.0 cm³/mol. The molecule has 0 spiro atoms. The number of nitrogens with zero attached hydrogens (tertiary/aromatic N) is 2. The number of likely N-dealkylation sites (tertiary alicyclic amines) is 1. The molecule has 7 heteroatoms. The molecule has 0 bridgehead atoms. The van der Waals surface area contributed by atoms with Crippen molar-refractivity contribution in [2.75, 3.05) is 38.2 Å². The van der Waals surface area contributed by atoms with Crippen molar-refractivity contribution in [3.05, 3.63) is 0 Å². The van der Waals surface area contributed by atoms with Crippen LogP contribution in [0, 0.1) is 5.92 Å². The fraction of sp³-hybridized carbons (Fsp3) is 0.933. The maximum absolute atomic E-state index is 11.5. The lowest BCUT2D eigenvalue weighted by Gasteiger charge is -2.35. The molecule has 0 aliphatic carbocycles. The largest absolute Gasteiger partial charge is 0.355 e. The lowest BCUT2D eigenvalue weighted by atomic mass is 9.98. The lowest BCUT2D eigenvalue weighted by molar-refractivity contribution is 0.147. The molecule has 0 aromatic rings. The first kappa shape index (κ1) is 17.5. The van der Waals surface area contributed by atoms with Crippen LogP contribution in [0.15, 0.2) is 4.99 Å². The molecular formula is C15H30N4O2S. The van der Waals surface area contributed by atoms with Crippen LogP contribution in [-0.2, 0) is 9.84 Å². The Hall–Kier alpha value is -0.820. The molecule has 0 amide bonds. The van der Waals surface area contributed by atoms with Crippen LogP contribution in [0.4, 0.5) is 0 Å². The maximum Gasteiger partial charge on any atom is 0.191 e. The number of aliphatic imine (C=N–C) groups is 1. The van der Waals surface area contributed by atoms with Gasteiger partial charge in [0, 0.05) is 25.7 Å². The third kappa shape index (κ3) is 5.12. The summed E-state index contributed by atoms with van der Waals surface area (Å²) in [6.07, 6.45) is 3.22. The van der Waals surface area contributed by atoms with Gasteiger partial charge in [-0.15, -0.1) is 0 Å². The van der Waals surface area contributed by atoms with Gasteiger partial charge < -0.3 is 10.6 Å². The third-order valence-corrected chi connectivity index (χ3v) is 6.57. The van der Waals surface area contributed by atoms with Crippen molar-refractivity contribution in [3.63, 3.8) is 0 Å². The molecule has 6 nitrogen and oxygen atoms in total. The normalized spacial score (nSPS) is 28.5. The lowest BCUT2D eigenvalue weighted by Crippen LogP contribution is -2.50. The number of hydrogen-bond acceptors (Lipinski definition) is 4. The Morgan fingerprint density at radius 1 is 1.32 bits per heavy atom. The molecule has 2 rings (SSSR count). The summed E-state index contributed by atoms with van der Waals surface area (Å²) in [5.74, 6) is 2.05. The second-order valence-electron chi connectivity index (χ2n) is 6.76. The van der Waals surface area contributed by atoms with Gasteiger partial charge in [0.25, 0.3) is 0 Å². The van der Waals surface area contributed by atoms with Crippen molar-refractivity contribution in [3.8, 4) is 0 Å². The number of piperidine rings is 1. The third-order valence-electron chi connectivity index (χ3n) is 4.80. The van der Waals surface area contributed by atoms with Gasteiger partial charge in [-0.3, -0.25) is 9.89 Å². The van der Waals surface area contributed by atoms with Crippen LogP contribution in [0.25, 0.3) is 0 Å². The number of nitrogens with one attached hydrogen (secondary N) is 2. The van der Waals surface area contributed by atoms with Crippen molar-refractivity contribution in [2.24, 2.45) is 10.9 Å². The zero-order valence-electron chi connectivity index (χ0n) is 14.0. The van der Waals surface area contributed by atoms with E-state index in [1.807, 2.05) is 0 Å². The molecule has 0 aromatic heterocycles. The van der Waals surface area contributed by atoms with Gasteiger partial charge in [0.05, 0.1) is 11.5 Å². The van der Waals surface area contributed by atoms with Crippen LogP contribution in [0.1, 0.15) is 33.1 Å². The van der Waals surface area contributed by atoms with Crippen LogP contribution in [0.2, 0.25) is 0 Å². The van der Waals surface area contributed by atoms with Crippen LogP contribution >= 0.6 is 0 Å². The highest BCUT2D eigenvalue weighted by Gasteiger charge is 2.28. The van der Waals surface area contributed by atoms with E-state index < -0.39 is 9.84 Å². The van der Waals surface area contributed by atoms with E-state index in [2.05, 4.69) is 34.4 Å². The van der Waals surface area contributed by atoms with Gasteiger partial charge in [-0.1, -0.05) is 6.92 Å². The average molecular weight is 330 g/mol. The maximum atomic E-state index is 11.5. The van der Waals surface area contributed by atoms with E-state index in [0.717, 1.165) is 25.6 Å². The van der Waals surface area contributed by atoms with Crippen molar-refractivity contribution < 1.29 is 8.42 Å². The quantitative estimate of drug-likeness (QED) is 0.579. The number of guanidine groups is 1. The summed E-state index contributed by atoms with van der Waals surface area (Å²) in [4.78, 5) is 6.72. The van der Waals surface area contributed by atoms with E-state index in [4.69, 9.17) is 0 Å². The Morgan fingerprint density at radius 2 is 2.00 bits per heavy atom. The number of hydrogen-bond donors (Lipinski definition) is 2. The van der Waals surface area contributed by atoms with Crippen molar-refractivity contribution in [1.29, 1.82) is 0 Å². The minimum Gasteiger partial charge on any atom is -0.355 e. The molecule has 0 saturated carbocycles. The molecular weight excluding hydrogens is 300 g/mol. The summed E-state index contributed by atoms with van der Waals surface area (Å²) in [6, 6.07) is 0.445. The topological polar surface area (TPSA) is 73.8 Å². The van der Waals surface area contributed by atoms with E-state index in [1.54, 1.807) is 7.05 Å². The minimum absolute atomic E-state index is 0.0117. The standard InChI is InChI=1S/C15H30N4O2S/c1-12-4-7-19(8-5-12)13(2)10-17-15(16-3)18-14-6-9-22(20,21)11-14/h12-14H,4-11H2,1-3H3,(H2,16,17,18). The molecule has 2 unspecified atom stereocenters. The van der Waals surface area contributed by atoms with Crippen molar-refractivity contribution >= 4 is 15.8 Å². The van der Waals surface area contributed by atoms with E-state index in [-0.39, 0.29) is 17.5 Å². The van der Waals surface area contributed by atoms with Gasteiger partial charge in [0.2, 0.25) is 0 Å². The first-order chi connectivity index (χ1) is 10.4. The van der Waals surface area contributed by atoms with E-state index >= 15 is 0 Å². The zero-order chi connectivity index (χ0) is 16.2. The smallest absolute Gasteiger partial charge is 0.191 e. The van der Waals surface area contributed by atoms with Crippen LogP contribution < -0.4 is 10.6 Å². The first-order valence-electron chi connectivity index (χ1n) is 8.31. The van der Waals surface area contributed by atoms with Gasteiger partial charge >= 0.3 is 0 Å². The molecule has 2 aliphatic rings. The molecule has 2 saturated heterocycles. The van der Waals surface area contributed by atoms with Crippen LogP contribution in [0.5, 0.6) is 0 Å². The predicted octanol–water partition coefficient (Wildman–Crippen LogP) is 0.459. The van der Waals surface area contributed by atoms with Gasteiger partial charge in [0.1, 0.15) is 0 Å². The Kier molecular flexibility index (Phi) is 6.09. The fourth-order valence-corrected chi connectivity index (χ4v) is 4.81. The first-order valence-corrected chi connectivity index (χ1v) is 10.1. The monoisotopic (exact) mass is 330 g/mol. The molecule has 2 atom stereocenters. The highest BCUT2D eigenvalue weighted by molar-refractivity contribution is 7.91. The summed E-state index contributed by atoms with van der Waals surface area (Å²) in [7, 11) is -1.13. The molecule has 22 heavy (non-hydrogen) atoms. The highest BCUT2D eigenvalue weighted by Crippen LogP contribution is 2.17. The zero-order valence-corrected chi connectivity index (χ0v) is 14.8. The van der Waals surface area contributed by atoms with Gasteiger partial charge in [0.15, 0.2) is 15.8 Å². The minimum atomic E-state index is -2.86. The summed E-state index contributed by atoms with van der Waals surface area (Å²) >= 11 is 0. The molecule has 128 valence electrons. The molecule has 0 radical (unpaired) electrons. The van der Waals surface area contributed by atoms with E-state index in [9.17, 15) is 8.42 Å². The van der Waals surface area contributed by atoms with E-state index in [1.165, 1.54) is 12.8 Å². The summed E-state index contributed by atoms with van der Waals surface area (Å²) in [5.41, 5.74) is 0. The van der Waals surface area contributed by atoms with Crippen LogP contribution in [-0.4, -0.2) is 69.5 Å². The van der Waals surface area contributed by atoms with Gasteiger partial charge in [-0.2, -0.15) is 0 Å². The highest BCUT2D eigenvalue weighted by atomic mass is 32.2. The molecule has 2 heterocycles. The van der Waals surface area contributed by atoms with Crippen molar-refractivity contribution in [2.45, 2.75) is 45.2 Å². The average Bonchev–Trinajstić information content (AvgIpc) is 2.82. The number of rotatable bonds is 4. The Morgan fingerprint density at radius 3 is 2.55 bits per heavy atom. The molecule has 2 fully saturated rings. The Balaban J connectivity index is 1.74. The Labute approximate surface area is 134 Å². The fourth-order valence-electron chi connectivity index (χ4n) is 3.14. The van der Waals surface area contributed by atoms with Gasteiger partial charge in [-0.05, 0) is 45.2 Å². The van der Waals surface area contributed by atoms with Gasteiger partial charge in [-0.25, -0.2) is 8.42 Å². The Bertz CT molecular complexity index is 484. The molecule has 2 N–H and O–H groups in total. The van der Waals surface area contributed by atoms with Crippen molar-refractivity contribution in [1.82, 2.24) is 15.5 Å². The second kappa shape index (κ2) is 7.64. The van der Waals surface area contributed by atoms with E-state index in [0.29, 0.717) is 18.4 Å². The second-order valence-corrected chi connectivity index (χ2v) is 8.99. The molecule has 2 aliphatic heterocycles. The number of sulfone groups is 1.